The average molecular weight is 355 g/mol. The molecule has 1 heterocycles. The van der Waals surface area contributed by atoms with E-state index in [1.165, 1.54) is 24.8 Å². The molecule has 3 nitrogen and oxygen atoms in total. The molecular formula is C17H23BrO3. The van der Waals surface area contributed by atoms with Crippen LogP contribution in [0.4, 0.5) is 0 Å². The zero-order valence-electron chi connectivity index (χ0n) is 12.2. The van der Waals surface area contributed by atoms with Gasteiger partial charge >= 0.3 is 0 Å². The zero-order valence-corrected chi connectivity index (χ0v) is 13.8. The third kappa shape index (κ3) is 3.43. The minimum atomic E-state index is -0.712. The Morgan fingerprint density at radius 1 is 1.19 bits per heavy atom. The Balaban J connectivity index is 1.71. The minimum Gasteiger partial charge on any atom is -0.493 e. The van der Waals surface area contributed by atoms with Crippen molar-refractivity contribution >= 4 is 15.9 Å². The summed E-state index contributed by atoms with van der Waals surface area (Å²) in [5.41, 5.74) is 2.19. The van der Waals surface area contributed by atoms with Gasteiger partial charge < -0.3 is 14.9 Å². The van der Waals surface area contributed by atoms with E-state index in [9.17, 15) is 10.2 Å². The summed E-state index contributed by atoms with van der Waals surface area (Å²) >= 11 is 3.52. The lowest BCUT2D eigenvalue weighted by molar-refractivity contribution is -0.0265. The highest BCUT2D eigenvalue weighted by Gasteiger charge is 2.29. The Bertz CT molecular complexity index is 497. The molecular weight excluding hydrogens is 332 g/mol. The minimum absolute atomic E-state index is 0.245. The van der Waals surface area contributed by atoms with Crippen LogP contribution in [-0.2, 0) is 12.8 Å². The van der Waals surface area contributed by atoms with E-state index in [1.54, 1.807) is 0 Å². The number of benzene rings is 1. The van der Waals surface area contributed by atoms with Gasteiger partial charge in [0.25, 0.3) is 0 Å². The molecule has 1 saturated carbocycles. The topological polar surface area (TPSA) is 49.7 Å². The average Bonchev–Trinajstić information content (AvgIpc) is 2.95. The van der Waals surface area contributed by atoms with Crippen LogP contribution in [-0.4, -0.2) is 29.0 Å². The van der Waals surface area contributed by atoms with Gasteiger partial charge in [0.15, 0.2) is 0 Å². The molecule has 0 amide bonds. The second kappa shape index (κ2) is 6.67. The number of fused-ring (bicyclic) bond motifs is 1. The highest BCUT2D eigenvalue weighted by molar-refractivity contribution is 9.10. The molecule has 1 aliphatic heterocycles. The lowest BCUT2D eigenvalue weighted by Gasteiger charge is -2.30. The van der Waals surface area contributed by atoms with E-state index in [2.05, 4.69) is 22.0 Å². The molecule has 3 rings (SSSR count). The molecule has 1 aromatic rings. The Morgan fingerprint density at radius 2 is 1.95 bits per heavy atom. The summed E-state index contributed by atoms with van der Waals surface area (Å²) in [4.78, 5) is 0. The van der Waals surface area contributed by atoms with E-state index >= 15 is 0 Å². The van der Waals surface area contributed by atoms with Crippen LogP contribution in [0.15, 0.2) is 16.6 Å². The first-order valence-electron chi connectivity index (χ1n) is 7.95. The largest absolute Gasteiger partial charge is 0.493 e. The smallest absolute Gasteiger partial charge is 0.125 e. The molecule has 2 unspecified atom stereocenters. The van der Waals surface area contributed by atoms with Crippen molar-refractivity contribution in [2.24, 2.45) is 5.92 Å². The fourth-order valence-corrected chi connectivity index (χ4v) is 4.19. The van der Waals surface area contributed by atoms with Crippen LogP contribution < -0.4 is 4.74 Å². The predicted molar refractivity (Wildman–Crippen MR) is 85.6 cm³/mol. The fraction of sp³-hybridized carbons (Fsp3) is 0.647. The van der Waals surface area contributed by atoms with Crippen LogP contribution in [0, 0.1) is 5.92 Å². The molecule has 21 heavy (non-hydrogen) atoms. The molecule has 2 aliphatic rings. The van der Waals surface area contributed by atoms with Crippen LogP contribution >= 0.6 is 15.9 Å². The SMILES string of the molecule is OC(Cc1cc(Br)cc2c1OCC2)C(O)C1CCCCC1. The standard InChI is InChI=1S/C17H23BrO3/c18-14-8-12-6-7-21-17(12)13(9-14)10-15(19)16(20)11-4-2-1-3-5-11/h8-9,11,15-16,19-20H,1-7,10H2. The van der Waals surface area contributed by atoms with E-state index in [0.29, 0.717) is 13.0 Å². The van der Waals surface area contributed by atoms with Gasteiger partial charge in [0.05, 0.1) is 18.8 Å². The van der Waals surface area contributed by atoms with Crippen LogP contribution in [0.3, 0.4) is 0 Å². The molecule has 2 N–H and O–H groups in total. The number of aliphatic hydroxyl groups is 2. The maximum Gasteiger partial charge on any atom is 0.125 e. The number of hydrogen-bond acceptors (Lipinski definition) is 3. The van der Waals surface area contributed by atoms with Crippen LogP contribution in [0.25, 0.3) is 0 Å². The lowest BCUT2D eigenvalue weighted by Crippen LogP contribution is -2.36. The van der Waals surface area contributed by atoms with Gasteiger partial charge in [0.2, 0.25) is 0 Å². The van der Waals surface area contributed by atoms with Crippen LogP contribution in [0.1, 0.15) is 43.2 Å². The highest BCUT2D eigenvalue weighted by atomic mass is 79.9. The third-order valence-electron chi connectivity index (χ3n) is 4.78. The van der Waals surface area contributed by atoms with Gasteiger partial charge in [-0.2, -0.15) is 0 Å². The summed E-state index contributed by atoms with van der Waals surface area (Å²) in [6.07, 6.45) is 5.70. The highest BCUT2D eigenvalue weighted by Crippen LogP contribution is 2.35. The summed E-state index contributed by atoms with van der Waals surface area (Å²) in [5, 5.41) is 20.8. The second-order valence-electron chi connectivity index (χ2n) is 6.31. The first-order chi connectivity index (χ1) is 10.1. The number of hydrogen-bond donors (Lipinski definition) is 2. The van der Waals surface area contributed by atoms with E-state index in [-0.39, 0.29) is 5.92 Å². The zero-order chi connectivity index (χ0) is 14.8. The summed E-state index contributed by atoms with van der Waals surface area (Å²) in [6.45, 7) is 0.708. The quantitative estimate of drug-likeness (QED) is 0.872. The molecule has 0 aromatic heterocycles. The molecule has 2 atom stereocenters. The van der Waals surface area contributed by atoms with Gasteiger partial charge in [0, 0.05) is 17.3 Å². The van der Waals surface area contributed by atoms with Gasteiger partial charge in [-0.15, -0.1) is 0 Å². The molecule has 0 saturated heterocycles. The number of aliphatic hydroxyl groups excluding tert-OH is 2. The Hall–Kier alpha value is -0.580. The fourth-order valence-electron chi connectivity index (χ4n) is 3.63. The van der Waals surface area contributed by atoms with Gasteiger partial charge in [0.1, 0.15) is 5.75 Å². The lowest BCUT2D eigenvalue weighted by atomic mass is 9.82. The van der Waals surface area contributed by atoms with E-state index in [0.717, 1.165) is 35.0 Å². The molecule has 0 radical (unpaired) electrons. The van der Waals surface area contributed by atoms with Crippen molar-refractivity contribution < 1.29 is 14.9 Å². The summed E-state index contributed by atoms with van der Waals surface area (Å²) in [6, 6.07) is 4.08. The van der Waals surface area contributed by atoms with Crippen molar-refractivity contribution in [2.75, 3.05) is 6.61 Å². The van der Waals surface area contributed by atoms with Crippen molar-refractivity contribution in [1.82, 2.24) is 0 Å². The molecule has 1 fully saturated rings. The second-order valence-corrected chi connectivity index (χ2v) is 7.23. The maximum absolute atomic E-state index is 10.4. The number of ether oxygens (including phenoxy) is 1. The van der Waals surface area contributed by atoms with Crippen molar-refractivity contribution in [3.8, 4) is 5.75 Å². The normalized spacial score (nSPS) is 21.7. The monoisotopic (exact) mass is 354 g/mol. The van der Waals surface area contributed by atoms with Crippen molar-refractivity contribution in [3.05, 3.63) is 27.7 Å². The molecule has 116 valence electrons. The first-order valence-corrected chi connectivity index (χ1v) is 8.74. The molecule has 0 bridgehead atoms. The van der Waals surface area contributed by atoms with E-state index < -0.39 is 12.2 Å². The Morgan fingerprint density at radius 3 is 2.71 bits per heavy atom. The van der Waals surface area contributed by atoms with Gasteiger partial charge in [-0.05, 0) is 42.0 Å². The first kappa shape index (κ1) is 15.3. The molecule has 0 spiro atoms. The van der Waals surface area contributed by atoms with Crippen LogP contribution in [0.5, 0.6) is 5.75 Å². The van der Waals surface area contributed by atoms with E-state index in [1.807, 2.05) is 6.07 Å². The summed E-state index contributed by atoms with van der Waals surface area (Å²) in [5.74, 6) is 1.16. The van der Waals surface area contributed by atoms with Crippen molar-refractivity contribution in [3.63, 3.8) is 0 Å². The number of rotatable bonds is 4. The summed E-state index contributed by atoms with van der Waals surface area (Å²) in [7, 11) is 0. The van der Waals surface area contributed by atoms with Crippen molar-refractivity contribution in [2.45, 2.75) is 57.2 Å². The third-order valence-corrected chi connectivity index (χ3v) is 5.24. The Labute approximate surface area is 134 Å². The van der Waals surface area contributed by atoms with E-state index in [4.69, 9.17) is 4.74 Å². The maximum atomic E-state index is 10.4. The summed E-state index contributed by atoms with van der Waals surface area (Å²) < 4.78 is 6.71. The molecule has 1 aromatic carbocycles. The number of halogens is 1. The van der Waals surface area contributed by atoms with Crippen molar-refractivity contribution in [1.29, 1.82) is 0 Å². The van der Waals surface area contributed by atoms with Gasteiger partial charge in [-0.1, -0.05) is 35.2 Å². The molecule has 4 heteroatoms. The Kier molecular flexibility index (Phi) is 4.87. The van der Waals surface area contributed by atoms with Gasteiger partial charge in [-0.25, -0.2) is 0 Å². The molecule has 1 aliphatic carbocycles. The van der Waals surface area contributed by atoms with Gasteiger partial charge in [-0.3, -0.25) is 0 Å². The van der Waals surface area contributed by atoms with Crippen LogP contribution in [0.2, 0.25) is 0 Å². The predicted octanol–water partition coefficient (Wildman–Crippen LogP) is 3.23.